The predicted molar refractivity (Wildman–Crippen MR) is 109 cm³/mol. The Balaban J connectivity index is 1.34. The minimum atomic E-state index is 0.0499. The van der Waals surface area contributed by atoms with Crippen molar-refractivity contribution in [3.8, 4) is 11.5 Å². The summed E-state index contributed by atoms with van der Waals surface area (Å²) in [4.78, 5) is 15.1. The molecule has 2 aliphatic rings. The summed E-state index contributed by atoms with van der Waals surface area (Å²) in [5.74, 6) is 1.54. The molecule has 0 bridgehead atoms. The number of carbonyl (C=O) groups excluding carboxylic acids is 1. The third-order valence-corrected chi connectivity index (χ3v) is 5.48. The number of hydrogen-bond acceptors (Lipinski definition) is 4. The molecule has 2 aliphatic heterocycles. The normalized spacial score (nSPS) is 17.3. The Morgan fingerprint density at radius 1 is 0.964 bits per heavy atom. The maximum Gasteiger partial charge on any atom is 0.224 e. The van der Waals surface area contributed by atoms with E-state index in [-0.39, 0.29) is 5.91 Å². The second kappa shape index (κ2) is 9.11. The Kier molecular flexibility index (Phi) is 6.12. The van der Waals surface area contributed by atoms with Gasteiger partial charge >= 0.3 is 0 Å². The summed E-state index contributed by atoms with van der Waals surface area (Å²) in [7, 11) is 0. The number of hydrogen-bond donors (Lipinski definition) is 1. The van der Waals surface area contributed by atoms with Gasteiger partial charge < -0.3 is 14.8 Å². The molecule has 2 aromatic rings. The Morgan fingerprint density at radius 2 is 1.71 bits per heavy atom. The molecule has 0 spiro atoms. The van der Waals surface area contributed by atoms with Crippen LogP contribution in [0.1, 0.15) is 24.0 Å². The van der Waals surface area contributed by atoms with E-state index in [0.717, 1.165) is 36.6 Å². The highest BCUT2D eigenvalue weighted by atomic mass is 16.6. The summed E-state index contributed by atoms with van der Waals surface area (Å²) in [6, 6.07) is 16.6. The molecule has 5 heteroatoms. The highest BCUT2D eigenvalue weighted by Gasteiger charge is 2.23. The van der Waals surface area contributed by atoms with Crippen molar-refractivity contribution in [2.24, 2.45) is 0 Å². The molecule has 1 saturated heterocycles. The highest BCUT2D eigenvalue weighted by Crippen LogP contribution is 2.30. The molecule has 1 fully saturated rings. The van der Waals surface area contributed by atoms with Gasteiger partial charge in [-0.05, 0) is 55.6 Å². The summed E-state index contributed by atoms with van der Waals surface area (Å²) < 4.78 is 11.2. The molecule has 2 aromatic carbocycles. The van der Waals surface area contributed by atoms with Crippen LogP contribution in [0.4, 0.5) is 0 Å². The Hall–Kier alpha value is -2.53. The number of amides is 1. The summed E-state index contributed by atoms with van der Waals surface area (Å²) in [5.41, 5.74) is 2.27. The van der Waals surface area contributed by atoms with Crippen LogP contribution < -0.4 is 14.8 Å². The zero-order valence-corrected chi connectivity index (χ0v) is 16.2. The fourth-order valence-electron chi connectivity index (χ4n) is 4.00. The summed E-state index contributed by atoms with van der Waals surface area (Å²) in [6.07, 6.45) is 3.81. The van der Waals surface area contributed by atoms with Gasteiger partial charge in [-0.3, -0.25) is 9.69 Å². The number of benzene rings is 2. The largest absolute Gasteiger partial charge is 0.486 e. The van der Waals surface area contributed by atoms with Crippen molar-refractivity contribution < 1.29 is 14.3 Å². The van der Waals surface area contributed by atoms with Crippen LogP contribution in [0.25, 0.3) is 0 Å². The van der Waals surface area contributed by atoms with E-state index >= 15 is 0 Å². The van der Waals surface area contributed by atoms with Crippen LogP contribution in [0.2, 0.25) is 0 Å². The highest BCUT2D eigenvalue weighted by molar-refractivity contribution is 5.78. The summed E-state index contributed by atoms with van der Waals surface area (Å²) in [5, 5.41) is 3.16. The van der Waals surface area contributed by atoms with Gasteiger partial charge in [0, 0.05) is 12.6 Å². The smallest absolute Gasteiger partial charge is 0.224 e. The van der Waals surface area contributed by atoms with Crippen LogP contribution in [0.3, 0.4) is 0 Å². The van der Waals surface area contributed by atoms with Gasteiger partial charge in [-0.2, -0.15) is 0 Å². The van der Waals surface area contributed by atoms with Gasteiger partial charge in [0.1, 0.15) is 13.2 Å². The van der Waals surface area contributed by atoms with E-state index in [1.54, 1.807) is 0 Å². The molecular formula is C23H28N2O3. The number of nitrogens with one attached hydrogen (secondary N) is 1. The van der Waals surface area contributed by atoms with Gasteiger partial charge in [0.25, 0.3) is 0 Å². The van der Waals surface area contributed by atoms with E-state index in [4.69, 9.17) is 9.47 Å². The van der Waals surface area contributed by atoms with Gasteiger partial charge in [0.05, 0.1) is 6.42 Å². The van der Waals surface area contributed by atoms with Crippen molar-refractivity contribution >= 4 is 5.91 Å². The van der Waals surface area contributed by atoms with Crippen molar-refractivity contribution in [2.75, 3.05) is 32.8 Å². The number of ether oxygens (including phenoxy) is 2. The molecule has 148 valence electrons. The molecule has 1 atom stereocenters. The molecule has 0 aliphatic carbocycles. The van der Waals surface area contributed by atoms with E-state index in [9.17, 15) is 4.79 Å². The van der Waals surface area contributed by atoms with Crippen LogP contribution in [0.5, 0.6) is 11.5 Å². The first-order chi connectivity index (χ1) is 13.8. The molecule has 1 unspecified atom stereocenters. The van der Waals surface area contributed by atoms with Gasteiger partial charge in [-0.15, -0.1) is 0 Å². The summed E-state index contributed by atoms with van der Waals surface area (Å²) >= 11 is 0. The van der Waals surface area contributed by atoms with Crippen LogP contribution >= 0.6 is 0 Å². The summed E-state index contributed by atoms with van der Waals surface area (Å²) in [6.45, 7) is 4.05. The Morgan fingerprint density at radius 3 is 2.50 bits per heavy atom. The Bertz CT molecular complexity index is 788. The average Bonchev–Trinajstić information content (AvgIpc) is 3.26. The first-order valence-electron chi connectivity index (χ1n) is 10.2. The SMILES string of the molecule is O=C(Cc1ccc2c(c1)OCCO2)NCC(Cc1ccccc1)N1CCCC1. The lowest BCUT2D eigenvalue weighted by Gasteiger charge is -2.28. The van der Waals surface area contributed by atoms with E-state index in [2.05, 4.69) is 34.5 Å². The molecule has 1 amide bonds. The quantitative estimate of drug-likeness (QED) is 0.803. The van der Waals surface area contributed by atoms with Crippen LogP contribution in [-0.4, -0.2) is 49.7 Å². The molecule has 1 N–H and O–H groups in total. The minimum absolute atomic E-state index is 0.0499. The third-order valence-electron chi connectivity index (χ3n) is 5.48. The first kappa shape index (κ1) is 18.8. The molecule has 5 nitrogen and oxygen atoms in total. The lowest BCUT2D eigenvalue weighted by atomic mass is 10.0. The minimum Gasteiger partial charge on any atom is -0.486 e. The van der Waals surface area contributed by atoms with Crippen LogP contribution in [0.15, 0.2) is 48.5 Å². The van der Waals surface area contributed by atoms with E-state index in [1.807, 2.05) is 24.3 Å². The fraction of sp³-hybridized carbons (Fsp3) is 0.435. The molecule has 0 radical (unpaired) electrons. The lowest BCUT2D eigenvalue weighted by Crippen LogP contribution is -2.44. The fourth-order valence-corrected chi connectivity index (χ4v) is 4.00. The maximum absolute atomic E-state index is 12.6. The zero-order valence-electron chi connectivity index (χ0n) is 16.2. The molecule has 0 saturated carbocycles. The predicted octanol–water partition coefficient (Wildman–Crippen LogP) is 2.82. The van der Waals surface area contributed by atoms with Gasteiger partial charge in [0.2, 0.25) is 5.91 Å². The maximum atomic E-state index is 12.6. The van der Waals surface area contributed by atoms with Gasteiger partial charge in [0.15, 0.2) is 11.5 Å². The lowest BCUT2D eigenvalue weighted by molar-refractivity contribution is -0.120. The number of carbonyl (C=O) groups is 1. The van der Waals surface area contributed by atoms with Crippen molar-refractivity contribution in [3.63, 3.8) is 0 Å². The number of rotatable bonds is 7. The average molecular weight is 380 g/mol. The van der Waals surface area contributed by atoms with Gasteiger partial charge in [-0.1, -0.05) is 36.4 Å². The number of nitrogens with zero attached hydrogens (tertiary/aromatic N) is 1. The second-order valence-electron chi connectivity index (χ2n) is 7.55. The van der Waals surface area contributed by atoms with Gasteiger partial charge in [-0.25, -0.2) is 0 Å². The first-order valence-corrected chi connectivity index (χ1v) is 10.2. The topological polar surface area (TPSA) is 50.8 Å². The Labute approximate surface area is 166 Å². The number of fused-ring (bicyclic) bond motifs is 1. The second-order valence-corrected chi connectivity index (χ2v) is 7.55. The standard InChI is InChI=1S/C23H28N2O3/c26-23(16-19-8-9-21-22(15-19)28-13-12-27-21)24-17-20(25-10-4-5-11-25)14-18-6-2-1-3-7-18/h1-3,6-9,15,20H,4-5,10-14,16-17H2,(H,24,26). The number of likely N-dealkylation sites (tertiary alicyclic amines) is 1. The van der Waals surface area contributed by atoms with Crippen molar-refractivity contribution in [2.45, 2.75) is 31.7 Å². The molecule has 4 rings (SSSR count). The van der Waals surface area contributed by atoms with E-state index in [0.29, 0.717) is 32.2 Å². The van der Waals surface area contributed by atoms with Crippen molar-refractivity contribution in [3.05, 3.63) is 59.7 Å². The van der Waals surface area contributed by atoms with Crippen molar-refractivity contribution in [1.82, 2.24) is 10.2 Å². The monoisotopic (exact) mass is 380 g/mol. The molecule has 28 heavy (non-hydrogen) atoms. The molecular weight excluding hydrogens is 352 g/mol. The van der Waals surface area contributed by atoms with Crippen LogP contribution in [0, 0.1) is 0 Å². The molecule has 0 aromatic heterocycles. The van der Waals surface area contributed by atoms with E-state index in [1.165, 1.54) is 18.4 Å². The third kappa shape index (κ3) is 4.84. The molecule has 2 heterocycles. The van der Waals surface area contributed by atoms with Crippen LogP contribution in [-0.2, 0) is 17.6 Å². The van der Waals surface area contributed by atoms with Crippen molar-refractivity contribution in [1.29, 1.82) is 0 Å². The zero-order chi connectivity index (χ0) is 19.2. The van der Waals surface area contributed by atoms with E-state index < -0.39 is 0 Å².